The van der Waals surface area contributed by atoms with Crippen LogP contribution in [0.15, 0.2) is 335 Å². The van der Waals surface area contributed by atoms with Crippen molar-refractivity contribution in [3.8, 4) is 0 Å². The summed E-state index contributed by atoms with van der Waals surface area (Å²) in [6, 6.07) is 70.2. The minimum Gasteiger partial charge on any atom is -0.358 e. The maximum atomic E-state index is 3.82. The quantitative estimate of drug-likeness (QED) is 0.0894. The molecule has 0 nitrogen and oxygen atoms in total. The molecular weight excluding hydrogens is 1670 g/mol. The molecule has 0 aliphatic heterocycles. The fourth-order valence-electron chi connectivity index (χ4n) is 16.1. The van der Waals surface area contributed by atoms with Gasteiger partial charge in [0, 0.05) is 0 Å². The van der Waals surface area contributed by atoms with Crippen molar-refractivity contribution in [1.29, 1.82) is 0 Å². The van der Waals surface area contributed by atoms with Crippen LogP contribution in [0.4, 0.5) is 0 Å². The molecule has 0 heterocycles. The predicted molar refractivity (Wildman–Crippen MR) is 531 cm³/mol. The molecular formula is C116H166Zr3. The molecule has 0 amide bonds. The number of allylic oxidation sites excluding steroid dienone is 18. The summed E-state index contributed by atoms with van der Waals surface area (Å²) < 4.78 is 0. The minimum atomic E-state index is 0. The predicted octanol–water partition coefficient (Wildman–Crippen LogP) is 35.1. The van der Waals surface area contributed by atoms with Gasteiger partial charge in [0.25, 0.3) is 0 Å². The van der Waals surface area contributed by atoms with Crippen molar-refractivity contribution in [3.63, 3.8) is 0 Å². The molecule has 119 heavy (non-hydrogen) atoms. The Morgan fingerprint density at radius 2 is 0.546 bits per heavy atom. The Kier molecular flexibility index (Phi) is 86.2. The smallest absolute Gasteiger partial charge is 0.358 e. The normalized spacial score (nSPS) is 20.3. The number of aryl methyl sites for hydroxylation is 1. The van der Waals surface area contributed by atoms with Gasteiger partial charge in [0.1, 0.15) is 0 Å². The number of fused-ring (bicyclic) bond motifs is 4. The molecule has 0 saturated heterocycles. The first kappa shape index (κ1) is 126. The summed E-state index contributed by atoms with van der Waals surface area (Å²) in [5.41, 5.74) is 7.92. The molecule has 6 fully saturated rings. The van der Waals surface area contributed by atoms with E-state index in [1.54, 1.807) is 0 Å². The molecule has 10 aliphatic carbocycles. The van der Waals surface area contributed by atoms with Gasteiger partial charge in [-0.15, -0.1) is 86.0 Å². The molecule has 10 aliphatic rings. The number of hydrogen-bond acceptors (Lipinski definition) is 0. The molecule has 7 aromatic carbocycles. The first-order valence-corrected chi connectivity index (χ1v) is 41.4. The van der Waals surface area contributed by atoms with Crippen molar-refractivity contribution >= 4 is 0 Å². The van der Waals surface area contributed by atoms with Crippen LogP contribution in [0, 0.1) is 157 Å². The Morgan fingerprint density at radius 1 is 0.286 bits per heavy atom. The van der Waals surface area contributed by atoms with Gasteiger partial charge in [0.2, 0.25) is 0 Å². The number of benzene rings is 7. The summed E-state index contributed by atoms with van der Waals surface area (Å²) >= 11 is 0. The summed E-state index contributed by atoms with van der Waals surface area (Å²) in [5.74, 6) is 10.8. The Morgan fingerprint density at radius 3 is 0.815 bits per heavy atom. The van der Waals surface area contributed by atoms with E-state index in [2.05, 4.69) is 195 Å². The third-order valence-electron chi connectivity index (χ3n) is 22.2. The van der Waals surface area contributed by atoms with Gasteiger partial charge in [-0.2, -0.15) is 148 Å². The van der Waals surface area contributed by atoms with Crippen LogP contribution in [-0.4, -0.2) is 0 Å². The number of hydrogen-bond donors (Lipinski definition) is 0. The molecule has 0 N–H and O–H groups in total. The monoisotopic (exact) mass is 1830 g/mol. The van der Waals surface area contributed by atoms with Gasteiger partial charge >= 0.3 is 78.6 Å². The van der Waals surface area contributed by atoms with Crippen molar-refractivity contribution in [2.75, 3.05) is 0 Å². The molecule has 0 spiro atoms. The molecule has 6 saturated carbocycles. The minimum absolute atomic E-state index is 0. The maximum absolute atomic E-state index is 3.82. The molecule has 3 heteroatoms. The van der Waals surface area contributed by atoms with Crippen LogP contribution in [0.5, 0.6) is 0 Å². The third kappa shape index (κ3) is 57.0. The number of unbranched alkanes of at least 4 members (excludes halogenated alkanes) is 1. The summed E-state index contributed by atoms with van der Waals surface area (Å²) in [6.07, 6.45) is 77.6. The zero-order valence-electron chi connectivity index (χ0n) is 73.6. The van der Waals surface area contributed by atoms with E-state index >= 15 is 0 Å². The zero-order valence-corrected chi connectivity index (χ0v) is 80.9. The average molecular weight is 1830 g/mol. The second-order valence-corrected chi connectivity index (χ2v) is 30.5. The maximum Gasteiger partial charge on any atom is 4.00 e. The van der Waals surface area contributed by atoms with Gasteiger partial charge in [0.15, 0.2) is 0 Å². The van der Waals surface area contributed by atoms with Crippen molar-refractivity contribution in [3.05, 3.63) is 460 Å². The van der Waals surface area contributed by atoms with Crippen LogP contribution in [0.2, 0.25) is 0 Å². The van der Waals surface area contributed by atoms with Crippen LogP contribution in [0.25, 0.3) is 0 Å². The molecule has 10 unspecified atom stereocenters. The van der Waals surface area contributed by atoms with E-state index in [-0.39, 0.29) is 145 Å². The van der Waals surface area contributed by atoms with Gasteiger partial charge in [-0.05, 0) is 160 Å². The third-order valence-corrected chi connectivity index (χ3v) is 22.2. The van der Waals surface area contributed by atoms with Crippen LogP contribution in [0.1, 0.15) is 229 Å². The molecule has 0 bridgehead atoms. The van der Waals surface area contributed by atoms with E-state index in [0.29, 0.717) is 0 Å². The largest absolute Gasteiger partial charge is 4.00 e. The first-order valence-electron chi connectivity index (χ1n) is 41.4. The molecule has 17 rings (SSSR count). The van der Waals surface area contributed by atoms with Crippen molar-refractivity contribution in [2.45, 2.75) is 196 Å². The molecule has 0 aromatic heterocycles. The van der Waals surface area contributed by atoms with E-state index in [1.807, 2.05) is 188 Å². The van der Waals surface area contributed by atoms with Crippen LogP contribution >= 0.6 is 0 Å². The van der Waals surface area contributed by atoms with Crippen LogP contribution in [0.3, 0.4) is 0 Å². The van der Waals surface area contributed by atoms with Crippen LogP contribution in [-0.2, 0) is 85.0 Å². The molecule has 642 valence electrons. The Labute approximate surface area is 798 Å². The summed E-state index contributed by atoms with van der Waals surface area (Å²) in [5, 5.41) is 0. The summed E-state index contributed by atoms with van der Waals surface area (Å²) in [4.78, 5) is 0. The fraction of sp³-hybridized carbons (Fsp3) is 0.362. The fourth-order valence-corrected chi connectivity index (χ4v) is 16.1. The SMILES string of the molecule is C.C.C.C1=CC2CCC(CCc3ccccc3)C2C=C1.C1=CC2CCCC2C=C1.C1=CC2CCCC2C=C1.C=CCC1CCC2C=CC=CC21.C=CCCC1CCCC1.CCCCC1CCCC1.[CH2-]c1ccccc1.[CH2-]c1ccccc1.[CH2-]c1ccccc1.[CH2-]c1ccccc1.[CH2-]c1ccccc1.[CH2-]c1ccccc1.[CH3-].[CH3-].[CH3-].[CH3-].[CH3-].[CH3-].[Zr+4].[Zr+4].[Zr+4]. The van der Waals surface area contributed by atoms with Gasteiger partial charge in [-0.3, -0.25) is 0 Å². The first-order chi connectivity index (χ1) is 52.5. The van der Waals surface area contributed by atoms with Gasteiger partial charge < -0.3 is 44.6 Å². The summed E-state index contributed by atoms with van der Waals surface area (Å²) in [6.45, 7) is 32.2. The van der Waals surface area contributed by atoms with Crippen LogP contribution < -0.4 is 0 Å². The Bertz CT molecular complexity index is 3190. The van der Waals surface area contributed by atoms with Crippen molar-refractivity contribution in [2.24, 2.45) is 71.0 Å². The standard InChI is InChI=1S/C17H20.C12H16.2C9H12.C9H18.C9H16.6C7H7.3CH4.6CH3.3Zr/c1-2-6-14(7-3-1)10-11-16-13-12-15-8-4-5-9-17(15)16;1-2-5-10-8-9-11-6-3-4-7-12(10)11;2*1-2-5-9-7-3-6-8(9)4-1;2*1-2-3-6-9-7-4-5-8-9;6*1-7-5-3-2-4-6-7;;;;;;;;;;;;/h1-9,15-17H,10-13H2;2-4,6-7,10-12H,1,5,8-9H2;2*1-2,4-5,8-9H,3,6-7H2;9H,2-8H2,1H3;2,9H,1,3-8H2;6*2-6H,1H2;3*1H4;6*1H3;;;/q;;;;;;6*-1;;;;6*-1;3*+4. The van der Waals surface area contributed by atoms with E-state index in [9.17, 15) is 0 Å². The second-order valence-electron chi connectivity index (χ2n) is 30.5. The van der Waals surface area contributed by atoms with E-state index in [0.717, 1.165) is 104 Å². The van der Waals surface area contributed by atoms with Gasteiger partial charge in [-0.1, -0.05) is 289 Å². The average Bonchev–Trinajstić information content (AvgIpc) is 1.69. The van der Waals surface area contributed by atoms with Gasteiger partial charge in [-0.25, -0.2) is 0 Å². The Hall–Kier alpha value is -6.19. The van der Waals surface area contributed by atoms with Gasteiger partial charge in [0.05, 0.1) is 0 Å². The Balaban J connectivity index is -0.000000230. The molecule has 0 radical (unpaired) electrons. The van der Waals surface area contributed by atoms with E-state index in [4.69, 9.17) is 0 Å². The zero-order chi connectivity index (χ0) is 75.8. The molecule has 7 aromatic rings. The van der Waals surface area contributed by atoms with E-state index in [1.165, 1.54) is 173 Å². The summed E-state index contributed by atoms with van der Waals surface area (Å²) in [7, 11) is 0. The van der Waals surface area contributed by atoms with Crippen molar-refractivity contribution in [1.82, 2.24) is 0 Å². The molecule has 10 atom stereocenters. The number of rotatable bonds is 11. The topological polar surface area (TPSA) is 0 Å². The van der Waals surface area contributed by atoms with Crippen molar-refractivity contribution < 1.29 is 78.6 Å². The second kappa shape index (κ2) is 81.5. The van der Waals surface area contributed by atoms with E-state index < -0.39 is 0 Å².